The lowest BCUT2D eigenvalue weighted by molar-refractivity contribution is -0.117. The van der Waals surface area contributed by atoms with E-state index in [1.165, 1.54) is 0 Å². The van der Waals surface area contributed by atoms with Crippen LogP contribution in [0.1, 0.15) is 28.8 Å². The van der Waals surface area contributed by atoms with E-state index >= 15 is 0 Å². The number of aryl methyl sites for hydroxylation is 1. The van der Waals surface area contributed by atoms with Gasteiger partial charge in [0.25, 0.3) is 0 Å². The molecule has 0 amide bonds. The van der Waals surface area contributed by atoms with Gasteiger partial charge in [0.1, 0.15) is 0 Å². The number of β-amino-alcohol motifs (C(OH)–C–C–N with tert-alkyl or cyclic N) is 1. The number of aliphatic hydroxyl groups is 1. The molecule has 1 saturated heterocycles. The molecule has 0 bridgehead atoms. The summed E-state index contributed by atoms with van der Waals surface area (Å²) >= 11 is 0. The van der Waals surface area contributed by atoms with Gasteiger partial charge < -0.3 is 15.0 Å². The monoisotopic (exact) mass is 459 g/mol. The molecule has 1 aliphatic carbocycles. The molecule has 1 aliphatic heterocycles. The Morgan fingerprint density at radius 2 is 2.15 bits per heavy atom. The Kier molecular flexibility index (Phi) is 5.13. The van der Waals surface area contributed by atoms with Crippen molar-refractivity contribution < 1.29 is 14.7 Å². The normalized spacial score (nSPS) is 18.6. The van der Waals surface area contributed by atoms with Crippen molar-refractivity contribution in [3.05, 3.63) is 60.2 Å². The molecule has 1 aromatic carbocycles. The lowest BCUT2D eigenvalue weighted by atomic mass is 10.1. The molecule has 4 heterocycles. The summed E-state index contributed by atoms with van der Waals surface area (Å²) in [5, 5.41) is 19.9. The minimum Gasteiger partial charge on any atom is -0.389 e. The summed E-state index contributed by atoms with van der Waals surface area (Å²) in [5.41, 5.74) is 3.55. The van der Waals surface area contributed by atoms with Crippen LogP contribution in [0.3, 0.4) is 0 Å². The molecular formula is C24H25N7O3. The van der Waals surface area contributed by atoms with Gasteiger partial charge in [0.05, 0.1) is 32.0 Å². The lowest BCUT2D eigenvalue weighted by Crippen LogP contribution is -2.20. The first kappa shape index (κ1) is 21.0. The third kappa shape index (κ3) is 4.07. The van der Waals surface area contributed by atoms with Crippen LogP contribution in [-0.2, 0) is 18.4 Å². The average Bonchev–Trinajstić information content (AvgIpc) is 3.31. The van der Waals surface area contributed by atoms with E-state index in [0.717, 1.165) is 40.6 Å². The molecule has 174 valence electrons. The van der Waals surface area contributed by atoms with Crippen LogP contribution in [0.15, 0.2) is 49.1 Å². The first-order chi connectivity index (χ1) is 16.5. The molecular weight excluding hydrogens is 434 g/mol. The second kappa shape index (κ2) is 8.32. The first-order valence-corrected chi connectivity index (χ1v) is 11.4. The van der Waals surface area contributed by atoms with Crippen molar-refractivity contribution in [3.8, 4) is 5.82 Å². The number of hydrogen-bond acceptors (Lipinski definition) is 8. The van der Waals surface area contributed by atoms with Crippen LogP contribution in [0.4, 0.5) is 11.6 Å². The SMILES string of the molecule is Cn1cc(C(=O)C2CC2)c2cc(Nc3nccc(-n4cc(CN5CC(O)CO5)cn4)n3)ccc21. The topological polar surface area (TPSA) is 110 Å². The van der Waals surface area contributed by atoms with E-state index in [2.05, 4.69) is 20.4 Å². The molecule has 1 saturated carbocycles. The fourth-order valence-electron chi connectivity index (χ4n) is 4.31. The van der Waals surface area contributed by atoms with Crippen molar-refractivity contribution >= 4 is 28.3 Å². The summed E-state index contributed by atoms with van der Waals surface area (Å²) in [6.07, 6.45) is 8.75. The molecule has 4 aromatic rings. The van der Waals surface area contributed by atoms with Gasteiger partial charge in [0.2, 0.25) is 5.95 Å². The number of aromatic nitrogens is 5. The summed E-state index contributed by atoms with van der Waals surface area (Å²) in [5.74, 6) is 1.45. The highest BCUT2D eigenvalue weighted by molar-refractivity contribution is 6.10. The standard InChI is InChI=1S/C24H25N7O3/c1-29-13-20(23(33)16-2-3-16)19-8-17(4-5-21(19)29)27-24-25-7-6-22(28-24)31-11-15(9-26-31)10-30-12-18(32)14-34-30/h4-9,11,13,16,18,32H,2-3,10,12,14H2,1H3,(H,25,27,28). The van der Waals surface area contributed by atoms with Crippen molar-refractivity contribution in [3.63, 3.8) is 0 Å². The second-order valence-corrected chi connectivity index (χ2v) is 8.95. The number of carbonyl (C=O) groups excluding carboxylic acids is 1. The van der Waals surface area contributed by atoms with Crippen molar-refractivity contribution in [2.24, 2.45) is 13.0 Å². The van der Waals surface area contributed by atoms with Gasteiger partial charge in [0, 0.05) is 65.3 Å². The largest absolute Gasteiger partial charge is 0.389 e. The smallest absolute Gasteiger partial charge is 0.229 e. The molecule has 0 radical (unpaired) electrons. The van der Waals surface area contributed by atoms with Crippen LogP contribution in [0.2, 0.25) is 0 Å². The van der Waals surface area contributed by atoms with Crippen LogP contribution in [0.25, 0.3) is 16.7 Å². The Hall–Kier alpha value is -3.60. The molecule has 34 heavy (non-hydrogen) atoms. The van der Waals surface area contributed by atoms with E-state index in [4.69, 9.17) is 4.84 Å². The second-order valence-electron chi connectivity index (χ2n) is 8.95. The van der Waals surface area contributed by atoms with Crippen molar-refractivity contribution in [2.45, 2.75) is 25.5 Å². The zero-order chi connectivity index (χ0) is 23.2. The summed E-state index contributed by atoms with van der Waals surface area (Å²) in [6.45, 7) is 1.33. The summed E-state index contributed by atoms with van der Waals surface area (Å²) in [4.78, 5) is 27.1. The molecule has 10 nitrogen and oxygen atoms in total. The van der Waals surface area contributed by atoms with Crippen LogP contribution in [0.5, 0.6) is 0 Å². The summed E-state index contributed by atoms with van der Waals surface area (Å²) in [7, 11) is 1.96. The van der Waals surface area contributed by atoms with Crippen molar-refractivity contribution in [1.82, 2.24) is 29.4 Å². The predicted octanol–water partition coefficient (Wildman–Crippen LogP) is 2.60. The first-order valence-electron chi connectivity index (χ1n) is 11.4. The number of Topliss-reactive ketones (excluding diaryl/α,β-unsaturated/α-hetero) is 1. The van der Waals surface area contributed by atoms with E-state index < -0.39 is 6.10 Å². The van der Waals surface area contributed by atoms with Gasteiger partial charge in [-0.3, -0.25) is 9.63 Å². The van der Waals surface area contributed by atoms with Crippen LogP contribution >= 0.6 is 0 Å². The van der Waals surface area contributed by atoms with Crippen LogP contribution < -0.4 is 5.32 Å². The molecule has 2 N–H and O–H groups in total. The fraction of sp³-hybridized carbons (Fsp3) is 0.333. The van der Waals surface area contributed by atoms with Crippen molar-refractivity contribution in [2.75, 3.05) is 18.5 Å². The van der Waals surface area contributed by atoms with Gasteiger partial charge in [-0.15, -0.1) is 0 Å². The maximum atomic E-state index is 12.7. The number of carbonyl (C=O) groups is 1. The fourth-order valence-corrected chi connectivity index (χ4v) is 4.31. The highest BCUT2D eigenvalue weighted by atomic mass is 16.7. The number of ketones is 1. The molecule has 2 fully saturated rings. The molecule has 1 unspecified atom stereocenters. The number of rotatable bonds is 7. The number of hydroxylamine groups is 2. The maximum absolute atomic E-state index is 12.7. The van der Waals surface area contributed by atoms with E-state index in [9.17, 15) is 9.90 Å². The Labute approximate surface area is 195 Å². The number of aliphatic hydroxyl groups excluding tert-OH is 1. The third-order valence-corrected chi connectivity index (χ3v) is 6.19. The van der Waals surface area contributed by atoms with Gasteiger partial charge in [-0.05, 0) is 31.0 Å². The van der Waals surface area contributed by atoms with Crippen molar-refractivity contribution in [1.29, 1.82) is 0 Å². The number of anilines is 2. The minimum absolute atomic E-state index is 0.170. The van der Waals surface area contributed by atoms with E-state index in [1.807, 2.05) is 42.2 Å². The minimum atomic E-state index is -0.455. The Bertz CT molecular complexity index is 1370. The lowest BCUT2D eigenvalue weighted by Gasteiger charge is -2.11. The predicted molar refractivity (Wildman–Crippen MR) is 125 cm³/mol. The van der Waals surface area contributed by atoms with Gasteiger partial charge in [0.15, 0.2) is 11.6 Å². The number of hydrogen-bond donors (Lipinski definition) is 2. The number of nitrogens with zero attached hydrogens (tertiary/aromatic N) is 6. The maximum Gasteiger partial charge on any atom is 0.229 e. The van der Waals surface area contributed by atoms with E-state index in [-0.39, 0.29) is 11.7 Å². The Morgan fingerprint density at radius 1 is 1.26 bits per heavy atom. The summed E-state index contributed by atoms with van der Waals surface area (Å²) in [6, 6.07) is 7.73. The van der Waals surface area contributed by atoms with Gasteiger partial charge in [-0.25, -0.2) is 9.67 Å². The van der Waals surface area contributed by atoms with E-state index in [0.29, 0.717) is 31.5 Å². The highest BCUT2D eigenvalue weighted by Crippen LogP contribution is 2.36. The van der Waals surface area contributed by atoms with Crippen LogP contribution in [-0.4, -0.2) is 59.5 Å². The zero-order valence-corrected chi connectivity index (χ0v) is 18.8. The summed E-state index contributed by atoms with van der Waals surface area (Å²) < 4.78 is 3.68. The molecule has 10 heteroatoms. The number of nitrogens with one attached hydrogen (secondary N) is 1. The third-order valence-electron chi connectivity index (χ3n) is 6.19. The van der Waals surface area contributed by atoms with E-state index in [1.54, 1.807) is 28.2 Å². The Morgan fingerprint density at radius 3 is 2.94 bits per heavy atom. The number of fused-ring (bicyclic) bond motifs is 1. The Balaban J connectivity index is 1.22. The number of benzene rings is 1. The van der Waals surface area contributed by atoms with Gasteiger partial charge in [-0.2, -0.15) is 15.1 Å². The molecule has 2 aliphatic rings. The quantitative estimate of drug-likeness (QED) is 0.406. The molecule has 6 rings (SSSR count). The highest BCUT2D eigenvalue weighted by Gasteiger charge is 2.32. The van der Waals surface area contributed by atoms with Gasteiger partial charge >= 0.3 is 0 Å². The molecule has 3 aromatic heterocycles. The average molecular weight is 460 g/mol. The van der Waals surface area contributed by atoms with Gasteiger partial charge in [-0.1, -0.05) is 0 Å². The molecule has 1 atom stereocenters. The molecule has 0 spiro atoms. The zero-order valence-electron chi connectivity index (χ0n) is 18.8. The van der Waals surface area contributed by atoms with Crippen LogP contribution in [0, 0.1) is 5.92 Å².